The summed E-state index contributed by atoms with van der Waals surface area (Å²) in [4.78, 5) is 72.0. The highest BCUT2D eigenvalue weighted by molar-refractivity contribution is 5.90. The molecule has 4 N–H and O–H groups in total. The Morgan fingerprint density at radius 3 is 1.69 bits per heavy atom. The van der Waals surface area contributed by atoms with Gasteiger partial charge in [0, 0.05) is 19.3 Å². The van der Waals surface area contributed by atoms with Gasteiger partial charge in [-0.25, -0.2) is 14.4 Å². The van der Waals surface area contributed by atoms with Crippen molar-refractivity contribution in [3.05, 3.63) is 29.8 Å². The van der Waals surface area contributed by atoms with E-state index in [0.29, 0.717) is 24.3 Å². The number of nitrogens with one attached hydrogen (secondary N) is 2. The third-order valence-corrected chi connectivity index (χ3v) is 6.77. The Morgan fingerprint density at radius 1 is 0.646 bits per heavy atom. The fraction of sp³-hybridized carbons (Fsp3) is 0.657. The molecule has 270 valence electrons. The van der Waals surface area contributed by atoms with Crippen LogP contribution in [-0.2, 0) is 33.4 Å². The van der Waals surface area contributed by atoms with Crippen molar-refractivity contribution in [1.82, 2.24) is 10.6 Å². The number of unbranched alkanes of at least 4 members (excludes halogenated alkanes) is 6. The van der Waals surface area contributed by atoms with Crippen molar-refractivity contribution in [2.24, 2.45) is 0 Å². The van der Waals surface area contributed by atoms with Crippen LogP contribution in [0.5, 0.6) is 5.75 Å². The number of carbonyl (C=O) groups excluding carboxylic acids is 4. The molecule has 1 aromatic rings. The van der Waals surface area contributed by atoms with Gasteiger partial charge in [-0.2, -0.15) is 0 Å². The Labute approximate surface area is 283 Å². The third-order valence-electron chi connectivity index (χ3n) is 6.77. The van der Waals surface area contributed by atoms with Crippen molar-refractivity contribution in [3.63, 3.8) is 0 Å². The van der Waals surface area contributed by atoms with E-state index in [1.54, 1.807) is 45.0 Å². The highest BCUT2D eigenvalue weighted by Crippen LogP contribution is 2.17. The lowest BCUT2D eigenvalue weighted by Crippen LogP contribution is -2.46. The Hall–Kier alpha value is -4.16. The van der Waals surface area contributed by atoms with E-state index in [-0.39, 0.29) is 37.6 Å². The van der Waals surface area contributed by atoms with Gasteiger partial charge in [0.1, 0.15) is 29.0 Å². The number of hydrogen-bond acceptors (Lipinski definition) is 9. The van der Waals surface area contributed by atoms with Crippen LogP contribution in [0.15, 0.2) is 24.3 Å². The fourth-order valence-corrected chi connectivity index (χ4v) is 4.44. The lowest BCUT2D eigenvalue weighted by molar-refractivity contribution is -0.159. The molecule has 1 unspecified atom stereocenters. The molecule has 48 heavy (non-hydrogen) atoms. The maximum Gasteiger partial charge on any atom is 0.338 e. The molecule has 0 aliphatic heterocycles. The second-order valence-corrected chi connectivity index (χ2v) is 13.7. The summed E-state index contributed by atoms with van der Waals surface area (Å²) >= 11 is 0. The third kappa shape index (κ3) is 20.2. The molecule has 0 aliphatic rings. The van der Waals surface area contributed by atoms with Crippen LogP contribution in [0.2, 0.25) is 0 Å². The minimum Gasteiger partial charge on any atom is -0.494 e. The molecule has 13 nitrogen and oxygen atoms in total. The average molecular weight is 679 g/mol. The van der Waals surface area contributed by atoms with Gasteiger partial charge in [-0.1, -0.05) is 32.1 Å². The lowest BCUT2D eigenvalue weighted by atomic mass is 10.1. The summed E-state index contributed by atoms with van der Waals surface area (Å²) in [5.41, 5.74) is -0.903. The van der Waals surface area contributed by atoms with E-state index in [9.17, 15) is 33.9 Å². The molecular weight excluding hydrogens is 624 g/mol. The first-order valence-corrected chi connectivity index (χ1v) is 16.6. The second kappa shape index (κ2) is 20.9. The van der Waals surface area contributed by atoms with Crippen molar-refractivity contribution in [3.8, 4) is 5.75 Å². The average Bonchev–Trinajstić information content (AvgIpc) is 2.96. The number of aliphatic carboxylic acids is 2. The van der Waals surface area contributed by atoms with Crippen LogP contribution in [0.25, 0.3) is 0 Å². The monoisotopic (exact) mass is 678 g/mol. The van der Waals surface area contributed by atoms with Crippen LogP contribution in [0.4, 0.5) is 0 Å². The van der Waals surface area contributed by atoms with Gasteiger partial charge in [-0.15, -0.1) is 0 Å². The molecule has 1 rings (SSSR count). The smallest absolute Gasteiger partial charge is 0.338 e. The van der Waals surface area contributed by atoms with Crippen LogP contribution in [0.1, 0.15) is 129 Å². The molecule has 2 amide bonds. The number of esters is 2. The maximum absolute atomic E-state index is 12.7. The largest absolute Gasteiger partial charge is 0.494 e. The van der Waals surface area contributed by atoms with E-state index in [1.807, 2.05) is 20.8 Å². The predicted molar refractivity (Wildman–Crippen MR) is 177 cm³/mol. The Morgan fingerprint density at radius 2 is 1.15 bits per heavy atom. The second-order valence-electron chi connectivity index (χ2n) is 13.7. The summed E-state index contributed by atoms with van der Waals surface area (Å²) in [5, 5.41) is 23.0. The molecule has 0 bridgehead atoms. The normalized spacial score (nSPS) is 12.7. The summed E-state index contributed by atoms with van der Waals surface area (Å²) in [6.45, 7) is 11.1. The van der Waals surface area contributed by atoms with E-state index >= 15 is 0 Å². The first-order chi connectivity index (χ1) is 22.4. The summed E-state index contributed by atoms with van der Waals surface area (Å²) in [6.07, 6.45) is 5.41. The van der Waals surface area contributed by atoms with Gasteiger partial charge in [0.15, 0.2) is 0 Å². The van der Waals surface area contributed by atoms with Crippen LogP contribution in [0.3, 0.4) is 0 Å². The van der Waals surface area contributed by atoms with Gasteiger partial charge in [0.05, 0.1) is 12.2 Å². The molecule has 0 fully saturated rings. The van der Waals surface area contributed by atoms with E-state index in [0.717, 1.165) is 38.5 Å². The zero-order valence-corrected chi connectivity index (χ0v) is 29.2. The van der Waals surface area contributed by atoms with Gasteiger partial charge in [0.25, 0.3) is 0 Å². The molecular formula is C35H54N2O11. The molecule has 0 saturated carbocycles. The van der Waals surface area contributed by atoms with Crippen LogP contribution in [-0.4, -0.2) is 75.8 Å². The van der Waals surface area contributed by atoms with E-state index in [4.69, 9.17) is 19.3 Å². The van der Waals surface area contributed by atoms with Crippen LogP contribution < -0.4 is 15.4 Å². The van der Waals surface area contributed by atoms with Gasteiger partial charge in [0.2, 0.25) is 11.8 Å². The summed E-state index contributed by atoms with van der Waals surface area (Å²) < 4.78 is 16.5. The minimum atomic E-state index is -1.38. The number of benzene rings is 1. The van der Waals surface area contributed by atoms with Gasteiger partial charge >= 0.3 is 23.9 Å². The highest BCUT2D eigenvalue weighted by atomic mass is 16.6. The van der Waals surface area contributed by atoms with Crippen molar-refractivity contribution in [2.45, 2.75) is 142 Å². The van der Waals surface area contributed by atoms with E-state index in [1.165, 1.54) is 0 Å². The molecule has 0 aromatic heterocycles. The minimum absolute atomic E-state index is 0.112. The Balaban J connectivity index is 2.36. The molecule has 13 heteroatoms. The molecule has 0 radical (unpaired) electrons. The maximum atomic E-state index is 12.7. The summed E-state index contributed by atoms with van der Waals surface area (Å²) in [6, 6.07) is 4.40. The number of rotatable bonds is 22. The van der Waals surface area contributed by atoms with Gasteiger partial charge < -0.3 is 35.1 Å². The Kier molecular flexibility index (Phi) is 18.3. The zero-order chi connectivity index (χ0) is 36.3. The van der Waals surface area contributed by atoms with Gasteiger partial charge in [-0.05, 0) is 91.5 Å². The Bertz CT molecular complexity index is 1200. The SMILES string of the molecule is CC(C)(C)OC(=O)c1ccc(OCCCCCCCCCC(=O)NC(CCC(=O)N[C@@H](CCC(=O)O)C(=O)O)C(=O)OC(C)(C)C)cc1. The highest BCUT2D eigenvalue weighted by Gasteiger charge is 2.28. The van der Waals surface area contributed by atoms with Crippen molar-refractivity contribution < 1.29 is 53.2 Å². The molecule has 0 heterocycles. The predicted octanol–water partition coefficient (Wildman–Crippen LogP) is 5.18. The van der Waals surface area contributed by atoms with Crippen molar-refractivity contribution in [1.29, 1.82) is 0 Å². The molecule has 1 aromatic carbocycles. The van der Waals surface area contributed by atoms with Gasteiger partial charge in [-0.3, -0.25) is 14.4 Å². The van der Waals surface area contributed by atoms with Crippen LogP contribution >= 0.6 is 0 Å². The number of ether oxygens (including phenoxy) is 3. The molecule has 2 atom stereocenters. The summed E-state index contributed by atoms with van der Waals surface area (Å²) in [5.74, 6) is -3.97. The van der Waals surface area contributed by atoms with Crippen LogP contribution in [0, 0.1) is 0 Å². The number of amides is 2. The van der Waals surface area contributed by atoms with E-state index in [2.05, 4.69) is 10.6 Å². The van der Waals surface area contributed by atoms with Crippen molar-refractivity contribution >= 4 is 35.7 Å². The number of carboxylic acids is 2. The van der Waals surface area contributed by atoms with E-state index < -0.39 is 53.5 Å². The standard InChI is InChI=1S/C35H54N2O11/c1-34(2,3)47-32(44)24-15-17-25(18-16-24)46-23-13-11-9-7-8-10-12-14-28(38)37-27(33(45)48-35(4,5)6)19-21-29(39)36-26(31(42)43)20-22-30(40)41/h15-18,26-27H,7-14,19-23H2,1-6H3,(H,36,39)(H,37,38)(H,40,41)(H,42,43)/t26-,27?/m0/s1. The zero-order valence-electron chi connectivity index (χ0n) is 29.2. The topological polar surface area (TPSA) is 195 Å². The van der Waals surface area contributed by atoms with Crippen molar-refractivity contribution in [2.75, 3.05) is 6.61 Å². The summed E-state index contributed by atoms with van der Waals surface area (Å²) in [7, 11) is 0. The number of carbonyl (C=O) groups is 6. The molecule has 0 spiro atoms. The first kappa shape index (κ1) is 41.9. The number of hydrogen-bond donors (Lipinski definition) is 4. The number of carboxylic acid groups (broad SMARTS) is 2. The fourth-order valence-electron chi connectivity index (χ4n) is 4.44. The first-order valence-electron chi connectivity index (χ1n) is 16.6. The molecule has 0 saturated heterocycles. The molecule has 0 aliphatic carbocycles. The quantitative estimate of drug-likeness (QED) is 0.0932. The lowest BCUT2D eigenvalue weighted by Gasteiger charge is -2.24.